The Balaban J connectivity index is 0.00000225. The second kappa shape index (κ2) is 5.44. The van der Waals surface area contributed by atoms with E-state index in [2.05, 4.69) is 50.0 Å². The molecule has 0 unspecified atom stereocenters. The summed E-state index contributed by atoms with van der Waals surface area (Å²) in [7, 11) is 0. The van der Waals surface area contributed by atoms with Crippen molar-refractivity contribution in [3.05, 3.63) is 42.2 Å². The summed E-state index contributed by atoms with van der Waals surface area (Å²) < 4.78 is 5.33. The Morgan fingerprint density at radius 2 is 2.00 bits per heavy atom. The highest BCUT2D eigenvalue weighted by atomic mass is 16.5. The molecule has 0 amide bonds. The van der Waals surface area contributed by atoms with Crippen LogP contribution in [0, 0.1) is 0 Å². The average Bonchev–Trinajstić information content (AvgIpc) is 2.16. The van der Waals surface area contributed by atoms with Crippen molar-refractivity contribution in [1.82, 2.24) is 0 Å². The van der Waals surface area contributed by atoms with E-state index in [1.165, 1.54) is 0 Å². The lowest BCUT2D eigenvalue weighted by atomic mass is 10.2. The molecule has 15 heavy (non-hydrogen) atoms. The topological polar surface area (TPSA) is 21.3 Å². The minimum absolute atomic E-state index is 0. The fourth-order valence-electron chi connectivity index (χ4n) is 1.24. The van der Waals surface area contributed by atoms with Crippen molar-refractivity contribution in [3.63, 3.8) is 0 Å². The van der Waals surface area contributed by atoms with Gasteiger partial charge >= 0.3 is 0 Å². The van der Waals surface area contributed by atoms with Gasteiger partial charge in [0, 0.05) is 13.2 Å². The molecule has 1 aromatic carbocycles. The van der Waals surface area contributed by atoms with E-state index in [-0.39, 0.29) is 1.43 Å². The Hall–Kier alpha value is -1.44. The summed E-state index contributed by atoms with van der Waals surface area (Å²) in [6.07, 6.45) is 0. The van der Waals surface area contributed by atoms with E-state index >= 15 is 0 Å². The summed E-state index contributed by atoms with van der Waals surface area (Å²) in [5.74, 6) is 0.749. The molecule has 1 rings (SSSR count). The van der Waals surface area contributed by atoms with Gasteiger partial charge in [-0.15, -0.1) is 0 Å². The van der Waals surface area contributed by atoms with Gasteiger partial charge in [0.1, 0.15) is 6.61 Å². The van der Waals surface area contributed by atoms with Crippen LogP contribution < -0.4 is 5.32 Å². The van der Waals surface area contributed by atoms with Crippen LogP contribution in [-0.4, -0.2) is 6.04 Å². The van der Waals surface area contributed by atoms with Gasteiger partial charge in [-0.1, -0.05) is 18.7 Å². The average molecular weight is 207 g/mol. The van der Waals surface area contributed by atoms with E-state index in [1.54, 1.807) is 0 Å². The number of benzene rings is 1. The van der Waals surface area contributed by atoms with Crippen LogP contribution in [0.15, 0.2) is 36.6 Å². The first kappa shape index (κ1) is 11.6. The number of hydrogen-bond donors (Lipinski definition) is 1. The minimum atomic E-state index is 0. The zero-order valence-corrected chi connectivity index (χ0v) is 9.71. The Labute approximate surface area is 93.4 Å². The van der Waals surface area contributed by atoms with Crippen molar-refractivity contribution in [2.24, 2.45) is 0 Å². The monoisotopic (exact) mass is 207 g/mol. The highest BCUT2D eigenvalue weighted by molar-refractivity contribution is 5.45. The van der Waals surface area contributed by atoms with Crippen LogP contribution in [0.2, 0.25) is 0 Å². The number of hydrogen-bond acceptors (Lipinski definition) is 2. The first-order valence-electron chi connectivity index (χ1n) is 5.21. The van der Waals surface area contributed by atoms with Crippen LogP contribution in [-0.2, 0) is 11.3 Å². The van der Waals surface area contributed by atoms with Crippen LogP contribution in [0.25, 0.3) is 0 Å². The van der Waals surface area contributed by atoms with Gasteiger partial charge in [0.15, 0.2) is 0 Å². The zero-order chi connectivity index (χ0) is 11.3. The van der Waals surface area contributed by atoms with Crippen molar-refractivity contribution in [1.29, 1.82) is 0 Å². The smallest absolute Gasteiger partial charge is 0.113 e. The molecule has 2 heteroatoms. The third kappa shape index (κ3) is 4.54. The summed E-state index contributed by atoms with van der Waals surface area (Å²) in [6, 6.07) is 8.72. The molecule has 2 nitrogen and oxygen atoms in total. The first-order valence-corrected chi connectivity index (χ1v) is 5.21. The lowest BCUT2D eigenvalue weighted by Gasteiger charge is -2.10. The van der Waals surface area contributed by atoms with Gasteiger partial charge in [0.25, 0.3) is 0 Å². The van der Waals surface area contributed by atoms with Crippen molar-refractivity contribution in [2.45, 2.75) is 33.4 Å². The minimum Gasteiger partial charge on any atom is -0.494 e. The van der Waals surface area contributed by atoms with E-state index in [0.717, 1.165) is 17.0 Å². The Morgan fingerprint density at radius 1 is 1.40 bits per heavy atom. The Kier molecular flexibility index (Phi) is 4.22. The zero-order valence-electron chi connectivity index (χ0n) is 9.71. The largest absolute Gasteiger partial charge is 0.494 e. The Morgan fingerprint density at radius 3 is 2.47 bits per heavy atom. The molecule has 0 aromatic heterocycles. The molecular weight excluding hydrogens is 186 g/mol. The fraction of sp³-hybridized carbons (Fsp3) is 0.385. The molecular formula is C13H21NO. The van der Waals surface area contributed by atoms with Crippen molar-refractivity contribution in [3.8, 4) is 0 Å². The fourth-order valence-corrected chi connectivity index (χ4v) is 1.24. The molecule has 0 spiro atoms. The highest BCUT2D eigenvalue weighted by Crippen LogP contribution is 2.12. The molecule has 0 atom stereocenters. The second-order valence-electron chi connectivity index (χ2n) is 3.99. The summed E-state index contributed by atoms with van der Waals surface area (Å²) in [4.78, 5) is 0. The molecule has 1 aromatic rings. The third-order valence-electron chi connectivity index (χ3n) is 1.89. The third-order valence-corrected chi connectivity index (χ3v) is 1.89. The second-order valence-corrected chi connectivity index (χ2v) is 3.99. The van der Waals surface area contributed by atoms with Crippen molar-refractivity contribution >= 4 is 5.69 Å². The van der Waals surface area contributed by atoms with E-state index in [0.29, 0.717) is 12.6 Å². The van der Waals surface area contributed by atoms with Gasteiger partial charge in [-0.2, -0.15) is 0 Å². The van der Waals surface area contributed by atoms with Crippen LogP contribution in [0.1, 0.15) is 27.8 Å². The van der Waals surface area contributed by atoms with E-state index in [1.807, 2.05) is 6.92 Å². The molecule has 1 N–H and O–H groups in total. The van der Waals surface area contributed by atoms with Gasteiger partial charge < -0.3 is 10.1 Å². The van der Waals surface area contributed by atoms with E-state index < -0.39 is 0 Å². The van der Waals surface area contributed by atoms with Crippen LogP contribution >= 0.6 is 0 Å². The first-order chi connectivity index (χ1) is 7.08. The van der Waals surface area contributed by atoms with E-state index in [4.69, 9.17) is 4.74 Å². The van der Waals surface area contributed by atoms with Gasteiger partial charge in [0.2, 0.25) is 0 Å². The quantitative estimate of drug-likeness (QED) is 0.741. The molecule has 0 radical (unpaired) electrons. The van der Waals surface area contributed by atoms with Crippen LogP contribution in [0.4, 0.5) is 5.69 Å². The van der Waals surface area contributed by atoms with Crippen LogP contribution in [0.5, 0.6) is 0 Å². The maximum absolute atomic E-state index is 5.33. The number of allylic oxidation sites excluding steroid dienone is 1. The van der Waals surface area contributed by atoms with Crippen LogP contribution in [0.3, 0.4) is 0 Å². The predicted molar refractivity (Wildman–Crippen MR) is 66.9 cm³/mol. The summed E-state index contributed by atoms with van der Waals surface area (Å²) in [6.45, 7) is 10.4. The molecule has 0 fully saturated rings. The molecule has 0 aliphatic rings. The molecule has 84 valence electrons. The Bertz CT molecular complexity index is 319. The predicted octanol–water partition coefficient (Wildman–Crippen LogP) is 3.80. The maximum atomic E-state index is 5.33. The molecule has 0 heterocycles. The molecule has 0 bridgehead atoms. The number of ether oxygens (including phenoxy) is 1. The highest BCUT2D eigenvalue weighted by Gasteiger charge is 1.96. The van der Waals surface area contributed by atoms with Gasteiger partial charge in [-0.25, -0.2) is 0 Å². The summed E-state index contributed by atoms with van der Waals surface area (Å²) >= 11 is 0. The van der Waals surface area contributed by atoms with Gasteiger partial charge in [-0.3, -0.25) is 0 Å². The molecule has 0 aliphatic carbocycles. The SMILES string of the molecule is C=C(C)OCc1ccc(NC(C)C)cc1.[HH]. The van der Waals surface area contributed by atoms with Gasteiger partial charge in [-0.05, 0) is 38.5 Å². The maximum Gasteiger partial charge on any atom is 0.113 e. The normalized spacial score (nSPS) is 10.1. The molecule has 0 saturated carbocycles. The lowest BCUT2D eigenvalue weighted by molar-refractivity contribution is 0.202. The number of anilines is 1. The molecule has 0 saturated heterocycles. The standard InChI is InChI=1S/C13H19NO.H2/c1-10(2)14-13-7-5-12(6-8-13)9-15-11(3)4;/h5-8,10,14H,3,9H2,1-2,4H3;1H. The molecule has 0 aliphatic heterocycles. The number of nitrogens with one attached hydrogen (secondary N) is 1. The van der Waals surface area contributed by atoms with E-state index in [9.17, 15) is 0 Å². The summed E-state index contributed by atoms with van der Waals surface area (Å²) in [5, 5.41) is 3.34. The van der Waals surface area contributed by atoms with Gasteiger partial charge in [0.05, 0.1) is 5.76 Å². The number of rotatable bonds is 5. The lowest BCUT2D eigenvalue weighted by Crippen LogP contribution is -2.09. The van der Waals surface area contributed by atoms with Crippen molar-refractivity contribution < 1.29 is 6.16 Å². The van der Waals surface area contributed by atoms with Crippen molar-refractivity contribution in [2.75, 3.05) is 5.32 Å². The summed E-state index contributed by atoms with van der Waals surface area (Å²) in [5.41, 5.74) is 2.30.